The minimum Gasteiger partial charge on any atom is -0.469 e. The van der Waals surface area contributed by atoms with Crippen LogP contribution in [0.25, 0.3) is 0 Å². The van der Waals surface area contributed by atoms with Crippen LogP contribution in [0.3, 0.4) is 0 Å². The highest BCUT2D eigenvalue weighted by Gasteiger charge is 2.30. The van der Waals surface area contributed by atoms with Gasteiger partial charge in [0.05, 0.1) is 6.26 Å². The first-order valence-corrected chi connectivity index (χ1v) is 4.63. The molecule has 1 fully saturated rings. The molecule has 0 amide bonds. The van der Waals surface area contributed by atoms with Gasteiger partial charge in [-0.15, -0.1) is 0 Å². The van der Waals surface area contributed by atoms with Gasteiger partial charge in [-0.3, -0.25) is 0 Å². The molecular weight excluding hydrogens is 150 g/mol. The molecule has 2 rings (SSSR count). The zero-order valence-electron chi connectivity index (χ0n) is 7.20. The molecule has 0 unspecified atom stereocenters. The molecule has 66 valence electrons. The van der Waals surface area contributed by atoms with Gasteiger partial charge in [0.1, 0.15) is 5.76 Å². The molecule has 0 aromatic carbocycles. The van der Waals surface area contributed by atoms with E-state index < -0.39 is 0 Å². The van der Waals surface area contributed by atoms with Crippen molar-refractivity contribution in [2.75, 3.05) is 6.54 Å². The molecule has 0 radical (unpaired) electrons. The van der Waals surface area contributed by atoms with Gasteiger partial charge in [-0.1, -0.05) is 0 Å². The van der Waals surface area contributed by atoms with Gasteiger partial charge in [0, 0.05) is 5.92 Å². The highest BCUT2D eigenvalue weighted by atomic mass is 16.3. The van der Waals surface area contributed by atoms with Crippen LogP contribution in [-0.4, -0.2) is 6.54 Å². The third-order valence-corrected chi connectivity index (χ3v) is 2.76. The largest absolute Gasteiger partial charge is 0.469 e. The molecule has 1 saturated carbocycles. The Hall–Kier alpha value is -0.760. The van der Waals surface area contributed by atoms with Crippen molar-refractivity contribution in [3.8, 4) is 0 Å². The van der Waals surface area contributed by atoms with E-state index in [9.17, 15) is 0 Å². The molecule has 2 nitrogen and oxygen atoms in total. The highest BCUT2D eigenvalue weighted by molar-refractivity contribution is 5.09. The smallest absolute Gasteiger partial charge is 0.106 e. The predicted molar refractivity (Wildman–Crippen MR) is 47.8 cm³/mol. The van der Waals surface area contributed by atoms with Crippen molar-refractivity contribution in [3.63, 3.8) is 0 Å². The SMILES string of the molecule is NCCC1CC(c2ccco2)C1. The van der Waals surface area contributed by atoms with Gasteiger partial charge < -0.3 is 10.2 Å². The van der Waals surface area contributed by atoms with Crippen molar-refractivity contribution in [3.05, 3.63) is 24.2 Å². The minimum atomic E-state index is 0.677. The number of hydrogen-bond acceptors (Lipinski definition) is 2. The molecule has 1 heterocycles. The Morgan fingerprint density at radius 3 is 2.92 bits per heavy atom. The fourth-order valence-electron chi connectivity index (χ4n) is 1.96. The van der Waals surface area contributed by atoms with Gasteiger partial charge in [0.2, 0.25) is 0 Å². The summed E-state index contributed by atoms with van der Waals surface area (Å²) in [6, 6.07) is 4.04. The Morgan fingerprint density at radius 2 is 2.33 bits per heavy atom. The fraction of sp³-hybridized carbons (Fsp3) is 0.600. The summed E-state index contributed by atoms with van der Waals surface area (Å²) in [5, 5.41) is 0. The number of hydrogen-bond donors (Lipinski definition) is 1. The van der Waals surface area contributed by atoms with Crippen LogP contribution >= 0.6 is 0 Å². The molecule has 0 atom stereocenters. The third kappa shape index (κ3) is 1.39. The van der Waals surface area contributed by atoms with Gasteiger partial charge >= 0.3 is 0 Å². The standard InChI is InChI=1S/C10H15NO/c11-4-3-8-6-9(7-8)10-2-1-5-12-10/h1-2,5,8-9H,3-4,6-7,11H2. The second-order valence-corrected chi connectivity index (χ2v) is 3.63. The van der Waals surface area contributed by atoms with Crippen LogP contribution in [0.2, 0.25) is 0 Å². The summed E-state index contributed by atoms with van der Waals surface area (Å²) in [5.41, 5.74) is 5.48. The lowest BCUT2D eigenvalue weighted by atomic mass is 9.72. The van der Waals surface area contributed by atoms with Crippen molar-refractivity contribution in [2.45, 2.75) is 25.2 Å². The maximum Gasteiger partial charge on any atom is 0.106 e. The normalized spacial score (nSPS) is 28.4. The molecule has 0 aliphatic heterocycles. The minimum absolute atomic E-state index is 0.677. The van der Waals surface area contributed by atoms with E-state index >= 15 is 0 Å². The third-order valence-electron chi connectivity index (χ3n) is 2.76. The molecule has 0 bridgehead atoms. The average molecular weight is 165 g/mol. The Morgan fingerprint density at radius 1 is 1.50 bits per heavy atom. The van der Waals surface area contributed by atoms with Gasteiger partial charge in [-0.25, -0.2) is 0 Å². The van der Waals surface area contributed by atoms with Gasteiger partial charge in [-0.05, 0) is 43.9 Å². The van der Waals surface area contributed by atoms with Crippen LogP contribution in [-0.2, 0) is 0 Å². The number of furan rings is 1. The molecule has 12 heavy (non-hydrogen) atoms. The summed E-state index contributed by atoms with van der Waals surface area (Å²) in [4.78, 5) is 0. The zero-order valence-corrected chi connectivity index (χ0v) is 7.20. The molecule has 1 aromatic heterocycles. The molecule has 0 spiro atoms. The lowest BCUT2D eigenvalue weighted by Crippen LogP contribution is -2.23. The van der Waals surface area contributed by atoms with Gasteiger partial charge in [0.15, 0.2) is 0 Å². The molecule has 2 heteroatoms. The van der Waals surface area contributed by atoms with E-state index in [-0.39, 0.29) is 0 Å². The first-order chi connectivity index (χ1) is 5.90. The van der Waals surface area contributed by atoms with E-state index in [0.717, 1.165) is 18.2 Å². The van der Waals surface area contributed by atoms with Crippen LogP contribution < -0.4 is 5.73 Å². The van der Waals surface area contributed by atoms with Gasteiger partial charge in [0.25, 0.3) is 0 Å². The number of rotatable bonds is 3. The monoisotopic (exact) mass is 165 g/mol. The lowest BCUT2D eigenvalue weighted by Gasteiger charge is -2.33. The van der Waals surface area contributed by atoms with E-state index in [1.165, 1.54) is 19.3 Å². The Labute approximate surface area is 72.7 Å². The Balaban J connectivity index is 1.82. The second-order valence-electron chi connectivity index (χ2n) is 3.63. The molecule has 1 aliphatic rings. The molecule has 2 N–H and O–H groups in total. The summed E-state index contributed by atoms with van der Waals surface area (Å²) in [6.07, 6.45) is 5.47. The Kier molecular flexibility index (Phi) is 2.17. The highest BCUT2D eigenvalue weighted by Crippen LogP contribution is 2.42. The maximum absolute atomic E-state index is 5.48. The first-order valence-electron chi connectivity index (χ1n) is 4.63. The van der Waals surface area contributed by atoms with Gasteiger partial charge in [-0.2, -0.15) is 0 Å². The van der Waals surface area contributed by atoms with E-state index in [1.54, 1.807) is 6.26 Å². The van der Waals surface area contributed by atoms with Crippen LogP contribution in [0, 0.1) is 5.92 Å². The van der Waals surface area contributed by atoms with Crippen molar-refractivity contribution >= 4 is 0 Å². The lowest BCUT2D eigenvalue weighted by molar-refractivity contribution is 0.224. The first kappa shape index (κ1) is 7.87. The van der Waals surface area contributed by atoms with E-state index in [2.05, 4.69) is 6.07 Å². The molecule has 0 saturated heterocycles. The average Bonchev–Trinajstić information content (AvgIpc) is 2.47. The van der Waals surface area contributed by atoms with Crippen molar-refractivity contribution < 1.29 is 4.42 Å². The summed E-state index contributed by atoms with van der Waals surface area (Å²) in [7, 11) is 0. The maximum atomic E-state index is 5.48. The quantitative estimate of drug-likeness (QED) is 0.745. The summed E-state index contributed by atoms with van der Waals surface area (Å²) < 4.78 is 5.33. The van der Waals surface area contributed by atoms with E-state index in [0.29, 0.717) is 5.92 Å². The predicted octanol–water partition coefficient (Wildman–Crippen LogP) is 2.12. The summed E-state index contributed by atoms with van der Waals surface area (Å²) >= 11 is 0. The van der Waals surface area contributed by atoms with Crippen molar-refractivity contribution in [2.24, 2.45) is 11.7 Å². The van der Waals surface area contributed by atoms with Crippen molar-refractivity contribution in [1.82, 2.24) is 0 Å². The van der Waals surface area contributed by atoms with E-state index in [4.69, 9.17) is 10.2 Å². The summed E-state index contributed by atoms with van der Waals surface area (Å²) in [6.45, 7) is 0.829. The number of nitrogens with two attached hydrogens (primary N) is 1. The van der Waals surface area contributed by atoms with Crippen LogP contribution in [0.15, 0.2) is 22.8 Å². The molecule has 1 aromatic rings. The second kappa shape index (κ2) is 3.31. The molecule has 1 aliphatic carbocycles. The fourth-order valence-corrected chi connectivity index (χ4v) is 1.96. The summed E-state index contributed by atoms with van der Waals surface area (Å²) in [5.74, 6) is 2.69. The van der Waals surface area contributed by atoms with Crippen LogP contribution in [0.5, 0.6) is 0 Å². The molecular formula is C10H15NO. The zero-order chi connectivity index (χ0) is 8.39. The topological polar surface area (TPSA) is 39.2 Å². The van der Waals surface area contributed by atoms with E-state index in [1.807, 2.05) is 6.07 Å². The van der Waals surface area contributed by atoms with Crippen LogP contribution in [0.4, 0.5) is 0 Å². The van der Waals surface area contributed by atoms with Crippen molar-refractivity contribution in [1.29, 1.82) is 0 Å². The van der Waals surface area contributed by atoms with Crippen LogP contribution in [0.1, 0.15) is 30.9 Å². The Bertz CT molecular complexity index is 224.